The van der Waals surface area contributed by atoms with Gasteiger partial charge in [-0.2, -0.15) is 0 Å². The summed E-state index contributed by atoms with van der Waals surface area (Å²) in [6.45, 7) is 4.86. The Morgan fingerprint density at radius 2 is 1.93 bits per heavy atom. The van der Waals surface area contributed by atoms with Crippen LogP contribution < -0.4 is 4.74 Å². The zero-order valence-corrected chi connectivity index (χ0v) is 17.3. The van der Waals surface area contributed by atoms with E-state index in [1.807, 2.05) is 31.4 Å². The summed E-state index contributed by atoms with van der Waals surface area (Å²) in [6.07, 6.45) is 1.90. The highest BCUT2D eigenvalue weighted by atomic mass is 32.1. The van der Waals surface area contributed by atoms with Gasteiger partial charge in [-0.3, -0.25) is 4.79 Å². The largest absolute Gasteiger partial charge is 0.486 e. The molecule has 6 heteroatoms. The van der Waals surface area contributed by atoms with Crippen molar-refractivity contribution in [2.24, 2.45) is 0 Å². The molecule has 0 aliphatic heterocycles. The van der Waals surface area contributed by atoms with Crippen LogP contribution in [0.25, 0.3) is 0 Å². The molecule has 0 N–H and O–H groups in total. The summed E-state index contributed by atoms with van der Waals surface area (Å²) in [7, 11) is 0. The smallest absolute Gasteiger partial charge is 0.257 e. The number of carbonyl (C=O) groups is 1. The molecule has 0 radical (unpaired) electrons. The number of nitrogens with zero attached hydrogens (tertiary/aromatic N) is 2. The first kappa shape index (κ1) is 19.6. The maximum absolute atomic E-state index is 14.1. The average Bonchev–Trinajstić information content (AvgIpc) is 3.42. The van der Waals surface area contributed by atoms with E-state index >= 15 is 0 Å². The number of benzene rings is 2. The van der Waals surface area contributed by atoms with Crippen LogP contribution in [0.1, 0.15) is 45.0 Å². The van der Waals surface area contributed by atoms with E-state index in [2.05, 4.69) is 11.1 Å². The van der Waals surface area contributed by atoms with Gasteiger partial charge in [-0.15, -0.1) is 11.3 Å². The van der Waals surface area contributed by atoms with Crippen molar-refractivity contribution < 1.29 is 13.9 Å². The topological polar surface area (TPSA) is 42.4 Å². The van der Waals surface area contributed by atoms with Gasteiger partial charge in [0.2, 0.25) is 0 Å². The lowest BCUT2D eigenvalue weighted by Gasteiger charge is -2.21. The summed E-state index contributed by atoms with van der Waals surface area (Å²) < 4.78 is 19.9. The van der Waals surface area contributed by atoms with E-state index in [0.717, 1.165) is 40.4 Å². The average molecular weight is 411 g/mol. The van der Waals surface area contributed by atoms with Gasteiger partial charge in [-0.05, 0) is 62.1 Å². The fourth-order valence-corrected chi connectivity index (χ4v) is 4.06. The summed E-state index contributed by atoms with van der Waals surface area (Å²) in [5, 5.41) is 2.80. The standard InChI is InChI=1S/C23H23FN2O2S/c1-15-9-16(2)11-19(10-15)28-13-22-25-17(14-29-22)12-26(18-7-8-18)23(27)20-5-3-4-6-21(20)24/h3-6,9-11,14,18H,7-8,12-13H2,1-2H3. The normalized spacial score (nSPS) is 13.3. The molecule has 1 saturated carbocycles. The number of aryl methyl sites for hydroxylation is 2. The zero-order chi connectivity index (χ0) is 20.4. The molecule has 1 amide bonds. The van der Waals surface area contributed by atoms with Gasteiger partial charge in [0.15, 0.2) is 0 Å². The Labute approximate surface area is 174 Å². The third-order valence-corrected chi connectivity index (χ3v) is 5.71. The first-order valence-corrected chi connectivity index (χ1v) is 10.6. The number of carbonyl (C=O) groups excluding carboxylic acids is 1. The second kappa shape index (κ2) is 8.33. The van der Waals surface area contributed by atoms with Crippen LogP contribution in [0.5, 0.6) is 5.75 Å². The van der Waals surface area contributed by atoms with Crippen molar-refractivity contribution in [3.63, 3.8) is 0 Å². The quantitative estimate of drug-likeness (QED) is 0.532. The zero-order valence-electron chi connectivity index (χ0n) is 16.5. The van der Waals surface area contributed by atoms with Crippen molar-refractivity contribution in [1.82, 2.24) is 9.88 Å². The minimum Gasteiger partial charge on any atom is -0.486 e. The molecular formula is C23H23FN2O2S. The van der Waals surface area contributed by atoms with Gasteiger partial charge >= 0.3 is 0 Å². The number of rotatable bonds is 7. The van der Waals surface area contributed by atoms with Crippen molar-refractivity contribution in [1.29, 1.82) is 0 Å². The van der Waals surface area contributed by atoms with Crippen LogP contribution in [0.2, 0.25) is 0 Å². The van der Waals surface area contributed by atoms with E-state index < -0.39 is 5.82 Å². The van der Waals surface area contributed by atoms with Crippen molar-refractivity contribution in [3.05, 3.63) is 81.1 Å². The lowest BCUT2D eigenvalue weighted by atomic mass is 10.1. The lowest BCUT2D eigenvalue weighted by Crippen LogP contribution is -2.33. The van der Waals surface area contributed by atoms with Gasteiger partial charge in [0.05, 0.1) is 17.8 Å². The first-order chi connectivity index (χ1) is 14.0. The minimum atomic E-state index is -0.482. The van der Waals surface area contributed by atoms with E-state index in [1.54, 1.807) is 17.0 Å². The third-order valence-electron chi connectivity index (χ3n) is 4.84. The molecule has 0 atom stereocenters. The molecule has 1 aliphatic carbocycles. The molecule has 150 valence electrons. The van der Waals surface area contributed by atoms with E-state index in [4.69, 9.17) is 4.74 Å². The number of amides is 1. The lowest BCUT2D eigenvalue weighted by molar-refractivity contribution is 0.0723. The summed E-state index contributed by atoms with van der Waals surface area (Å²) in [6, 6.07) is 12.4. The monoisotopic (exact) mass is 410 g/mol. The van der Waals surface area contributed by atoms with Crippen LogP contribution in [-0.2, 0) is 13.2 Å². The third kappa shape index (κ3) is 4.82. The predicted octanol–water partition coefficient (Wildman–Crippen LogP) is 5.28. The molecule has 1 aliphatic rings. The minimum absolute atomic E-state index is 0.119. The molecule has 0 spiro atoms. The maximum atomic E-state index is 14.1. The molecule has 1 heterocycles. The summed E-state index contributed by atoms with van der Waals surface area (Å²) >= 11 is 1.51. The fourth-order valence-electron chi connectivity index (χ4n) is 3.37. The number of hydrogen-bond acceptors (Lipinski definition) is 4. The Hall–Kier alpha value is -2.73. The van der Waals surface area contributed by atoms with Crippen LogP contribution >= 0.6 is 11.3 Å². The van der Waals surface area contributed by atoms with E-state index in [9.17, 15) is 9.18 Å². The summed E-state index contributed by atoms with van der Waals surface area (Å²) in [5.74, 6) is 0.0733. The fraction of sp³-hybridized carbons (Fsp3) is 0.304. The van der Waals surface area contributed by atoms with E-state index in [-0.39, 0.29) is 17.5 Å². The van der Waals surface area contributed by atoms with Crippen LogP contribution in [0.3, 0.4) is 0 Å². The Morgan fingerprint density at radius 3 is 2.62 bits per heavy atom. The highest BCUT2D eigenvalue weighted by Crippen LogP contribution is 2.30. The number of thiazole rings is 1. The Bertz CT molecular complexity index is 1010. The van der Waals surface area contributed by atoms with Crippen molar-refractivity contribution in [2.75, 3.05) is 0 Å². The van der Waals surface area contributed by atoms with Crippen molar-refractivity contribution in [3.8, 4) is 5.75 Å². The predicted molar refractivity (Wildman–Crippen MR) is 112 cm³/mol. The molecule has 3 aromatic rings. The molecule has 1 aromatic heterocycles. The van der Waals surface area contributed by atoms with Crippen LogP contribution in [0.4, 0.5) is 4.39 Å². The van der Waals surface area contributed by atoms with Crippen LogP contribution in [-0.4, -0.2) is 21.8 Å². The van der Waals surface area contributed by atoms with Crippen molar-refractivity contribution >= 4 is 17.2 Å². The Morgan fingerprint density at radius 1 is 1.21 bits per heavy atom. The van der Waals surface area contributed by atoms with Crippen molar-refractivity contribution in [2.45, 2.75) is 45.9 Å². The number of aromatic nitrogens is 1. The molecule has 4 rings (SSSR count). The summed E-state index contributed by atoms with van der Waals surface area (Å²) in [5.41, 5.74) is 3.25. The first-order valence-electron chi connectivity index (χ1n) is 9.69. The summed E-state index contributed by atoms with van der Waals surface area (Å²) in [4.78, 5) is 19.2. The molecule has 0 unspecified atom stereocenters. The molecule has 29 heavy (non-hydrogen) atoms. The van der Waals surface area contributed by atoms with Gasteiger partial charge in [0.1, 0.15) is 23.2 Å². The van der Waals surface area contributed by atoms with E-state index in [1.165, 1.54) is 23.5 Å². The maximum Gasteiger partial charge on any atom is 0.257 e. The van der Waals surface area contributed by atoms with Crippen LogP contribution in [0.15, 0.2) is 47.8 Å². The Balaban J connectivity index is 1.43. The number of hydrogen-bond donors (Lipinski definition) is 0. The van der Waals surface area contributed by atoms with Gasteiger partial charge in [0, 0.05) is 11.4 Å². The second-order valence-electron chi connectivity index (χ2n) is 7.49. The second-order valence-corrected chi connectivity index (χ2v) is 8.43. The van der Waals surface area contributed by atoms with Gasteiger partial charge in [-0.1, -0.05) is 18.2 Å². The molecule has 4 nitrogen and oxygen atoms in total. The van der Waals surface area contributed by atoms with Crippen LogP contribution in [0, 0.1) is 19.7 Å². The van der Waals surface area contributed by atoms with Gasteiger partial charge in [0.25, 0.3) is 5.91 Å². The van der Waals surface area contributed by atoms with Gasteiger partial charge in [-0.25, -0.2) is 9.37 Å². The molecule has 1 fully saturated rings. The molecule has 0 saturated heterocycles. The van der Waals surface area contributed by atoms with E-state index in [0.29, 0.717) is 13.2 Å². The number of ether oxygens (including phenoxy) is 1. The SMILES string of the molecule is Cc1cc(C)cc(OCc2nc(CN(C(=O)c3ccccc3F)C3CC3)cs2)c1. The molecule has 2 aromatic carbocycles. The highest BCUT2D eigenvalue weighted by Gasteiger charge is 2.34. The Kier molecular flexibility index (Phi) is 5.62. The molecular weight excluding hydrogens is 387 g/mol. The van der Waals surface area contributed by atoms with Gasteiger partial charge < -0.3 is 9.64 Å². The molecule has 0 bridgehead atoms. The highest BCUT2D eigenvalue weighted by molar-refractivity contribution is 7.09. The number of halogens is 1.